The quantitative estimate of drug-likeness (QED) is 0.579. The molecular weight excluding hydrogens is 420 g/mol. The van der Waals surface area contributed by atoms with Crippen molar-refractivity contribution in [2.75, 3.05) is 16.7 Å². The van der Waals surface area contributed by atoms with Gasteiger partial charge in [-0.15, -0.1) is 0 Å². The third-order valence-corrected chi connectivity index (χ3v) is 6.95. The van der Waals surface area contributed by atoms with Gasteiger partial charge in [0.05, 0.1) is 10.6 Å². The van der Waals surface area contributed by atoms with E-state index in [4.69, 9.17) is 11.6 Å². The fraction of sp³-hybridized carbons (Fsp3) is 0.174. The lowest BCUT2D eigenvalue weighted by Gasteiger charge is -2.22. The van der Waals surface area contributed by atoms with E-state index in [-0.39, 0.29) is 10.8 Å². The molecule has 3 aromatic carbocycles. The minimum atomic E-state index is -3.76. The molecule has 0 saturated heterocycles. The van der Waals surface area contributed by atoms with E-state index < -0.39 is 10.0 Å². The molecule has 3 aromatic rings. The third kappa shape index (κ3) is 4.50. The topological polar surface area (TPSA) is 66.5 Å². The Morgan fingerprint density at radius 1 is 0.900 bits per heavy atom. The molecule has 0 fully saturated rings. The number of amides is 1. The van der Waals surface area contributed by atoms with Gasteiger partial charge in [0.2, 0.25) is 0 Å². The van der Waals surface area contributed by atoms with Gasteiger partial charge in [-0.25, -0.2) is 8.42 Å². The molecule has 0 aliphatic heterocycles. The van der Waals surface area contributed by atoms with Gasteiger partial charge in [-0.2, -0.15) is 0 Å². The van der Waals surface area contributed by atoms with Crippen LogP contribution in [0.3, 0.4) is 0 Å². The lowest BCUT2D eigenvalue weighted by molar-refractivity contribution is 0.102. The highest BCUT2D eigenvalue weighted by Crippen LogP contribution is 2.27. The highest BCUT2D eigenvalue weighted by atomic mass is 35.5. The summed E-state index contributed by atoms with van der Waals surface area (Å²) < 4.78 is 27.3. The summed E-state index contributed by atoms with van der Waals surface area (Å²) in [5.74, 6) is -0.331. The van der Waals surface area contributed by atoms with Crippen molar-refractivity contribution in [3.8, 4) is 0 Å². The van der Waals surface area contributed by atoms with E-state index in [1.807, 2.05) is 20.8 Å². The Morgan fingerprint density at radius 3 is 2.20 bits per heavy atom. The van der Waals surface area contributed by atoms with Gasteiger partial charge in [-0.3, -0.25) is 9.10 Å². The highest BCUT2D eigenvalue weighted by Gasteiger charge is 2.23. The average Bonchev–Trinajstić information content (AvgIpc) is 2.70. The summed E-state index contributed by atoms with van der Waals surface area (Å²) in [7, 11) is -2.27. The Balaban J connectivity index is 1.92. The van der Waals surface area contributed by atoms with Gasteiger partial charge in [-0.05, 0) is 74.4 Å². The van der Waals surface area contributed by atoms with Crippen LogP contribution in [-0.2, 0) is 10.0 Å². The number of nitrogens with zero attached hydrogens (tertiary/aromatic N) is 1. The van der Waals surface area contributed by atoms with Crippen LogP contribution < -0.4 is 9.62 Å². The number of hydrogen-bond acceptors (Lipinski definition) is 3. The summed E-state index contributed by atoms with van der Waals surface area (Å²) in [6, 6.07) is 16.9. The lowest BCUT2D eigenvalue weighted by atomic mass is 10.1. The smallest absolute Gasteiger partial charge is 0.264 e. The summed E-state index contributed by atoms with van der Waals surface area (Å²) in [5.41, 5.74) is 4.00. The molecular formula is C23H23ClN2O3S. The molecule has 0 bridgehead atoms. The molecule has 30 heavy (non-hydrogen) atoms. The zero-order chi connectivity index (χ0) is 22.1. The molecule has 1 N–H and O–H groups in total. The van der Waals surface area contributed by atoms with E-state index in [1.165, 1.54) is 11.4 Å². The summed E-state index contributed by atoms with van der Waals surface area (Å²) in [6.07, 6.45) is 0. The minimum Gasteiger partial charge on any atom is -0.322 e. The Morgan fingerprint density at radius 2 is 1.57 bits per heavy atom. The predicted octanol–water partition coefficient (Wildman–Crippen LogP) is 5.34. The maximum atomic E-state index is 13.1. The van der Waals surface area contributed by atoms with Gasteiger partial charge in [-0.1, -0.05) is 35.4 Å². The molecule has 3 rings (SSSR count). The van der Waals surface area contributed by atoms with E-state index >= 15 is 0 Å². The molecule has 156 valence electrons. The van der Waals surface area contributed by atoms with E-state index in [2.05, 4.69) is 5.32 Å². The van der Waals surface area contributed by atoms with Crippen LogP contribution in [0.15, 0.2) is 65.6 Å². The van der Waals surface area contributed by atoms with Crippen LogP contribution in [0.1, 0.15) is 27.0 Å². The van der Waals surface area contributed by atoms with Crippen LogP contribution in [0, 0.1) is 20.8 Å². The molecule has 1 amide bonds. The molecule has 0 aromatic heterocycles. The zero-order valence-electron chi connectivity index (χ0n) is 17.2. The number of nitrogens with one attached hydrogen (secondary N) is 1. The first kappa shape index (κ1) is 21.9. The monoisotopic (exact) mass is 442 g/mol. The molecule has 0 atom stereocenters. The zero-order valence-corrected chi connectivity index (χ0v) is 18.8. The van der Waals surface area contributed by atoms with Crippen LogP contribution in [0.2, 0.25) is 5.02 Å². The number of sulfonamides is 1. The number of carbonyl (C=O) groups excluding carboxylic acids is 1. The van der Waals surface area contributed by atoms with Gasteiger partial charge in [0.25, 0.3) is 15.9 Å². The van der Waals surface area contributed by atoms with Gasteiger partial charge >= 0.3 is 0 Å². The summed E-state index contributed by atoms with van der Waals surface area (Å²) >= 11 is 5.97. The van der Waals surface area contributed by atoms with Crippen LogP contribution >= 0.6 is 11.6 Å². The lowest BCUT2D eigenvalue weighted by Crippen LogP contribution is -2.27. The predicted molar refractivity (Wildman–Crippen MR) is 122 cm³/mol. The number of anilines is 2. The number of halogens is 1. The van der Waals surface area contributed by atoms with E-state index in [9.17, 15) is 13.2 Å². The minimum absolute atomic E-state index is 0.196. The standard InChI is InChI=1S/C23H23ClN2O3S/c1-15-5-10-20(11-6-15)30(28,29)26(4)22-14-18(8-7-16(22)2)23(27)25-21-12-9-19(24)13-17(21)3/h5-14H,1-4H3,(H,25,27). The molecule has 0 unspecified atom stereocenters. The Hall–Kier alpha value is -2.83. The third-order valence-electron chi connectivity index (χ3n) is 4.93. The van der Waals surface area contributed by atoms with Crippen LogP contribution in [0.25, 0.3) is 0 Å². The fourth-order valence-electron chi connectivity index (χ4n) is 3.05. The number of hydrogen-bond donors (Lipinski definition) is 1. The fourth-order valence-corrected chi connectivity index (χ4v) is 4.53. The molecule has 0 heterocycles. The van der Waals surface area contributed by atoms with Gasteiger partial charge in [0.15, 0.2) is 0 Å². The van der Waals surface area contributed by atoms with E-state index in [0.717, 1.165) is 16.7 Å². The van der Waals surface area contributed by atoms with Gasteiger partial charge in [0, 0.05) is 23.3 Å². The Bertz CT molecular complexity index is 1210. The van der Waals surface area contributed by atoms with Crippen LogP contribution in [-0.4, -0.2) is 21.4 Å². The SMILES string of the molecule is Cc1ccc(S(=O)(=O)N(C)c2cc(C(=O)Nc3ccc(Cl)cc3C)ccc2C)cc1. The van der Waals surface area contributed by atoms with Crippen molar-refractivity contribution in [2.24, 2.45) is 0 Å². The number of aryl methyl sites for hydroxylation is 3. The van der Waals surface area contributed by atoms with Crippen molar-refractivity contribution < 1.29 is 13.2 Å². The maximum Gasteiger partial charge on any atom is 0.264 e. The molecule has 5 nitrogen and oxygen atoms in total. The molecule has 0 aliphatic carbocycles. The summed E-state index contributed by atoms with van der Waals surface area (Å²) in [4.78, 5) is 13.0. The average molecular weight is 443 g/mol. The highest BCUT2D eigenvalue weighted by molar-refractivity contribution is 7.92. The van der Waals surface area contributed by atoms with Gasteiger partial charge < -0.3 is 5.32 Å². The second-order valence-corrected chi connectivity index (χ2v) is 9.61. The summed E-state index contributed by atoms with van der Waals surface area (Å²) in [6.45, 7) is 5.56. The normalized spacial score (nSPS) is 11.2. The van der Waals surface area contributed by atoms with E-state index in [1.54, 1.807) is 60.7 Å². The molecule has 0 radical (unpaired) electrons. The first-order chi connectivity index (χ1) is 14.1. The number of benzene rings is 3. The Labute approximate surface area is 182 Å². The van der Waals surface area contributed by atoms with E-state index in [0.29, 0.717) is 22.0 Å². The molecule has 0 spiro atoms. The second-order valence-electron chi connectivity index (χ2n) is 7.20. The Kier molecular flexibility index (Phi) is 6.19. The number of carbonyl (C=O) groups is 1. The largest absolute Gasteiger partial charge is 0.322 e. The number of rotatable bonds is 5. The molecule has 0 aliphatic rings. The van der Waals surface area contributed by atoms with Gasteiger partial charge in [0.1, 0.15) is 0 Å². The van der Waals surface area contributed by atoms with Crippen molar-refractivity contribution in [3.63, 3.8) is 0 Å². The molecule has 7 heteroatoms. The first-order valence-corrected chi connectivity index (χ1v) is 11.1. The van der Waals surface area contributed by atoms with Crippen molar-refractivity contribution in [2.45, 2.75) is 25.7 Å². The second kappa shape index (κ2) is 8.50. The van der Waals surface area contributed by atoms with Crippen molar-refractivity contribution in [3.05, 3.63) is 87.9 Å². The molecule has 0 saturated carbocycles. The van der Waals surface area contributed by atoms with Crippen LogP contribution in [0.4, 0.5) is 11.4 Å². The van der Waals surface area contributed by atoms with Crippen LogP contribution in [0.5, 0.6) is 0 Å². The van der Waals surface area contributed by atoms with Crippen molar-refractivity contribution >= 4 is 38.9 Å². The summed E-state index contributed by atoms with van der Waals surface area (Å²) in [5, 5.41) is 3.44. The first-order valence-electron chi connectivity index (χ1n) is 9.33. The van der Waals surface area contributed by atoms with Crippen molar-refractivity contribution in [1.29, 1.82) is 0 Å². The van der Waals surface area contributed by atoms with Crippen molar-refractivity contribution in [1.82, 2.24) is 0 Å². The maximum absolute atomic E-state index is 13.1.